The maximum atomic E-state index is 16.7. The van der Waals surface area contributed by atoms with Gasteiger partial charge < -0.3 is 57.1 Å². The van der Waals surface area contributed by atoms with Crippen LogP contribution in [0, 0.1) is 46.8 Å². The minimum Gasteiger partial charge on any atom is -0.508 e. The van der Waals surface area contributed by atoms with Crippen LogP contribution in [-0.2, 0) is 20.7 Å². The number of Topliss-reactive ketones (excluding diaryl/α,β-unsaturated/α-hetero) is 2. The van der Waals surface area contributed by atoms with Crippen LogP contribution in [0.1, 0.15) is 186 Å². The van der Waals surface area contributed by atoms with Crippen LogP contribution in [-0.4, -0.2) is 101 Å². The van der Waals surface area contributed by atoms with Crippen molar-refractivity contribution in [2.75, 3.05) is 26.7 Å². The zero-order valence-corrected chi connectivity index (χ0v) is 51.6. The minimum atomic E-state index is -2.31. The van der Waals surface area contributed by atoms with E-state index in [4.69, 9.17) is 15.2 Å². The maximum absolute atomic E-state index is 16.7. The lowest BCUT2D eigenvalue weighted by atomic mass is 9.50. The molecule has 14 heteroatoms. The van der Waals surface area contributed by atoms with Crippen molar-refractivity contribution in [1.29, 1.82) is 0 Å². The van der Waals surface area contributed by atoms with E-state index in [1.807, 2.05) is 38.2 Å². The molecule has 6 aliphatic heterocycles. The molecule has 10 N–H and O–H groups in total. The zero-order valence-electron chi connectivity index (χ0n) is 51.6. The van der Waals surface area contributed by atoms with Crippen LogP contribution in [0.4, 0.5) is 0 Å². The summed E-state index contributed by atoms with van der Waals surface area (Å²) in [6.45, 7) is 5.46. The fourth-order valence-corrected chi connectivity index (χ4v) is 19.5. The topological polar surface area (TPSA) is 220 Å². The largest absolute Gasteiger partial charge is 0.508 e. The van der Waals surface area contributed by atoms with Crippen LogP contribution < -0.4 is 32.3 Å². The summed E-state index contributed by atoms with van der Waals surface area (Å²) in [5.41, 5.74) is 11.5. The number of ether oxygens (including phenoxy) is 2. The number of hydrogen-bond acceptors (Lipinski definition) is 14. The van der Waals surface area contributed by atoms with Gasteiger partial charge in [-0.1, -0.05) is 105 Å². The van der Waals surface area contributed by atoms with Crippen molar-refractivity contribution in [3.63, 3.8) is 0 Å². The van der Waals surface area contributed by atoms with E-state index < -0.39 is 58.1 Å². The molecule has 3 saturated carbocycles. The molecule has 14 nitrogen and oxygen atoms in total. The molecule has 15 atom stereocenters. The second kappa shape index (κ2) is 23.3. The highest BCUT2D eigenvalue weighted by Crippen LogP contribution is 2.63. The van der Waals surface area contributed by atoms with E-state index in [9.17, 15) is 15.3 Å². The van der Waals surface area contributed by atoms with Gasteiger partial charge in [0, 0.05) is 53.6 Å². The van der Waals surface area contributed by atoms with Crippen molar-refractivity contribution >= 4 is 17.5 Å². The molecular weight excluding hydrogens is 1090 g/mol. The summed E-state index contributed by atoms with van der Waals surface area (Å²) in [6.07, 6.45) is 30.3. The average Bonchev–Trinajstić information content (AvgIpc) is 1.49. The molecule has 1 saturated heterocycles. The lowest BCUT2D eigenvalue weighted by molar-refractivity contribution is -0.180. The summed E-state index contributed by atoms with van der Waals surface area (Å²) in [4.78, 5) is 49.4. The summed E-state index contributed by atoms with van der Waals surface area (Å²) in [7, 11) is 1.97. The van der Waals surface area contributed by atoms with Gasteiger partial charge >= 0.3 is 5.97 Å². The maximum Gasteiger partial charge on any atom is 0.350 e. The van der Waals surface area contributed by atoms with Crippen LogP contribution in [0.15, 0.2) is 124 Å². The Morgan fingerprint density at radius 3 is 2.60 bits per heavy atom. The summed E-state index contributed by atoms with van der Waals surface area (Å²) >= 11 is 0. The summed E-state index contributed by atoms with van der Waals surface area (Å²) in [6, 6.07) is 13.2. The third kappa shape index (κ3) is 10.5. The van der Waals surface area contributed by atoms with Gasteiger partial charge in [-0.2, -0.15) is 0 Å². The smallest absolute Gasteiger partial charge is 0.350 e. The van der Waals surface area contributed by atoms with Crippen LogP contribution in [0.2, 0.25) is 0 Å². The Labute approximate surface area is 514 Å². The van der Waals surface area contributed by atoms with Gasteiger partial charge in [0.05, 0.1) is 25.0 Å². The van der Waals surface area contributed by atoms with E-state index in [2.05, 4.69) is 76.2 Å². The van der Waals surface area contributed by atoms with E-state index >= 15 is 14.4 Å². The molecule has 12 aliphatic rings. The quantitative estimate of drug-likeness (QED) is 0.0443. The molecule has 464 valence electrons. The fraction of sp³-hybridized carbons (Fsp3) is 0.603. The Kier molecular flexibility index (Phi) is 15.8. The molecule has 0 radical (unpaired) electrons. The van der Waals surface area contributed by atoms with Gasteiger partial charge in [-0.15, -0.1) is 0 Å². The van der Waals surface area contributed by atoms with Crippen molar-refractivity contribution < 1.29 is 39.2 Å². The van der Waals surface area contributed by atoms with E-state index in [0.29, 0.717) is 68.0 Å². The Morgan fingerprint density at radius 2 is 1.77 bits per heavy atom. The van der Waals surface area contributed by atoms with E-state index in [1.165, 1.54) is 36.0 Å². The highest BCUT2D eigenvalue weighted by Gasteiger charge is 2.86. The Bertz CT molecular complexity index is 3310. The number of allylic oxidation sites excluding steroid dienone is 8. The second-order valence-corrected chi connectivity index (χ2v) is 29.3. The molecule has 6 heterocycles. The zero-order chi connectivity index (χ0) is 60.0. The number of phenols is 1. The van der Waals surface area contributed by atoms with E-state index in [0.717, 1.165) is 112 Å². The van der Waals surface area contributed by atoms with Gasteiger partial charge in [0.25, 0.3) is 5.60 Å². The van der Waals surface area contributed by atoms with Crippen molar-refractivity contribution in [2.45, 2.75) is 202 Å². The SMILES string of the molecule is CN[C@H]1CCC2=C(NCC=C2CC/C(C)=C(\CO)C[C@@]23O[C@@]24C(=O)O[C@H]2[C@H]5C[C@@H](O)C[C@@H]6C[C@H](c7cccc(O)c7)C7=CC(=CNC7N)C[C@](C)(CCCC[C@@H]7CC=CC8=C[C@](NCC9CCCCC9)(C[C@@H]65)[C@H]2C[C@@H]87)Cc2cccc(c2C4=O)C3=O)N1. The van der Waals surface area contributed by atoms with Gasteiger partial charge in [0.15, 0.2) is 11.4 Å². The number of carbonyl (C=O) groups is 3. The first-order valence-electron chi connectivity index (χ1n) is 33.7. The van der Waals surface area contributed by atoms with E-state index in [-0.39, 0.29) is 71.6 Å². The average molecular weight is 1180 g/mol. The predicted octanol–water partition coefficient (Wildman–Crippen LogP) is 10.2. The van der Waals surface area contributed by atoms with Gasteiger partial charge in [-0.3, -0.25) is 9.59 Å². The number of fused-ring (bicyclic) bond motifs is 3. The molecule has 87 heavy (non-hydrogen) atoms. The number of aliphatic hydroxyl groups is 2. The number of esters is 1. The first-order valence-corrected chi connectivity index (χ1v) is 33.7. The molecule has 0 aromatic heterocycles. The number of dihydropyridines is 2. The molecule has 4 fully saturated rings. The third-order valence-corrected chi connectivity index (χ3v) is 24.1. The number of phenolic OH excluding ortho intramolecular Hbond substituents is 1. The fourth-order valence-electron chi connectivity index (χ4n) is 19.5. The normalized spacial score (nSPS) is 38.2. The number of nitrogens with two attached hydrogens (primary N) is 1. The predicted molar refractivity (Wildman–Crippen MR) is 336 cm³/mol. The van der Waals surface area contributed by atoms with Crippen LogP contribution in [0.5, 0.6) is 5.75 Å². The van der Waals surface area contributed by atoms with Crippen LogP contribution >= 0.6 is 0 Å². The number of carbonyl (C=O) groups excluding carboxylic acids is 3. The molecule has 6 aliphatic carbocycles. The Morgan fingerprint density at radius 1 is 0.931 bits per heavy atom. The molecule has 2 aromatic carbocycles. The van der Waals surface area contributed by atoms with Crippen LogP contribution in [0.25, 0.3) is 0 Å². The monoisotopic (exact) mass is 1180 g/mol. The Hall–Kier alpha value is -5.61. The van der Waals surface area contributed by atoms with Gasteiger partial charge in [-0.25, -0.2) is 4.79 Å². The molecule has 0 amide bonds. The number of nitrogens with one attached hydrogen (secondary N) is 5. The van der Waals surface area contributed by atoms with Gasteiger partial charge in [0.1, 0.15) is 17.7 Å². The number of hydrogen-bond donors (Lipinski definition) is 9. The van der Waals surface area contributed by atoms with Gasteiger partial charge in [0.2, 0.25) is 5.78 Å². The van der Waals surface area contributed by atoms with Crippen molar-refractivity contribution in [2.24, 2.45) is 52.6 Å². The number of rotatable bonds is 11. The third-order valence-electron chi connectivity index (χ3n) is 24.1. The first-order chi connectivity index (χ1) is 42.1. The minimum absolute atomic E-state index is 0.0634. The second-order valence-electron chi connectivity index (χ2n) is 29.3. The highest BCUT2D eigenvalue weighted by molar-refractivity contribution is 6.33. The van der Waals surface area contributed by atoms with Crippen molar-refractivity contribution in [3.05, 3.63) is 146 Å². The standard InChI is InChI=1S/C73H94N6O8/c1-42(21-22-46-25-27-76-68-54(46)23-24-62(75-3)79-68)51(41-80)37-72-65(83)55-20-11-18-49-35-70(2)26-8-7-14-45-15-9-17-48-36-71(78-40-43-12-5-4-6-13-43)38-60-50(31-57(47-16-10-19-52(81)29-47)59-28-44(34-70)39-77-67(59)74)30-53(82)32-58(60)64(61(71)33-56(45)48)86-69(85)73(72,87-72)66(84)63(49)55/h9-11,16-20,25,28-29,36,39,43,45,50,53,56-58,60-62,64,67,75-82H,4-8,12-15,21-24,26-27,30-35,37-38,40-41,74H2,1-3H3/b51-42-/t45-,50-,53+,56-,57-,58+,60+,61+,62-,64+,67?,70+,71+,72+,73+/m1/s1. The number of aliphatic hydroxyl groups excluding tert-OH is 2. The van der Waals surface area contributed by atoms with E-state index in [1.54, 1.807) is 12.1 Å². The first kappa shape index (κ1) is 59.0. The molecule has 1 spiro atoms. The Balaban J connectivity index is 0.939. The molecule has 2 aromatic rings. The summed E-state index contributed by atoms with van der Waals surface area (Å²) in [5, 5.41) is 53.8. The number of benzene rings is 2. The molecular formula is C73H94N6O8. The van der Waals surface area contributed by atoms with Gasteiger partial charge in [-0.05, 0) is 215 Å². The van der Waals surface area contributed by atoms with Crippen molar-refractivity contribution in [1.82, 2.24) is 26.6 Å². The lowest BCUT2D eigenvalue weighted by Crippen LogP contribution is -2.67. The number of aromatic hydroxyl groups is 1. The highest BCUT2D eigenvalue weighted by atomic mass is 16.7. The molecule has 14 rings (SSSR count). The summed E-state index contributed by atoms with van der Waals surface area (Å²) < 4.78 is 14.5. The number of epoxide rings is 1. The van der Waals surface area contributed by atoms with Crippen molar-refractivity contribution in [3.8, 4) is 5.75 Å². The van der Waals surface area contributed by atoms with Crippen LogP contribution in [0.3, 0.4) is 0 Å². The lowest BCUT2D eigenvalue weighted by Gasteiger charge is -2.60. The summed E-state index contributed by atoms with van der Waals surface area (Å²) in [5.74, 6) is -0.356. The number of ketones is 2. The molecule has 11 bridgehead atoms. The molecule has 1 unspecified atom stereocenters.